The van der Waals surface area contributed by atoms with Gasteiger partial charge in [-0.15, -0.1) is 0 Å². The van der Waals surface area contributed by atoms with Gasteiger partial charge < -0.3 is 9.80 Å². The second-order valence-electron chi connectivity index (χ2n) is 6.75. The molecular weight excluding hydrogens is 318 g/mol. The summed E-state index contributed by atoms with van der Waals surface area (Å²) < 4.78 is 1.76. The lowest BCUT2D eigenvalue weighted by molar-refractivity contribution is -0.131. The molecule has 8 nitrogen and oxygen atoms in total. The van der Waals surface area contributed by atoms with E-state index < -0.39 is 0 Å². The van der Waals surface area contributed by atoms with E-state index in [2.05, 4.69) is 19.9 Å². The van der Waals surface area contributed by atoms with Crippen LogP contribution >= 0.6 is 0 Å². The van der Waals surface area contributed by atoms with Gasteiger partial charge in [0.05, 0.1) is 30.3 Å². The average molecular weight is 341 g/mol. The van der Waals surface area contributed by atoms with Crippen LogP contribution in [0.15, 0.2) is 24.8 Å². The number of piperazine rings is 1. The Bertz CT molecular complexity index is 766. The van der Waals surface area contributed by atoms with E-state index in [4.69, 9.17) is 4.98 Å². The number of aryl methyl sites for hydroxylation is 1. The molecule has 1 unspecified atom stereocenters. The first-order chi connectivity index (χ1) is 12.1. The van der Waals surface area contributed by atoms with Gasteiger partial charge >= 0.3 is 0 Å². The van der Waals surface area contributed by atoms with Crippen LogP contribution in [0.2, 0.25) is 0 Å². The number of amides is 1. The molecule has 0 radical (unpaired) electrons. The van der Waals surface area contributed by atoms with Gasteiger partial charge in [0.2, 0.25) is 5.91 Å². The molecule has 0 aliphatic carbocycles. The van der Waals surface area contributed by atoms with Crippen LogP contribution in [0.25, 0.3) is 11.3 Å². The summed E-state index contributed by atoms with van der Waals surface area (Å²) in [6.07, 6.45) is 8.25. The number of carbonyl (C=O) groups excluding carboxylic acids is 1. The van der Waals surface area contributed by atoms with E-state index >= 15 is 0 Å². The monoisotopic (exact) mass is 341 g/mol. The summed E-state index contributed by atoms with van der Waals surface area (Å²) in [5, 5.41) is 4.20. The van der Waals surface area contributed by atoms with Crippen LogP contribution in [0, 0.1) is 0 Å². The van der Waals surface area contributed by atoms with Gasteiger partial charge in [-0.25, -0.2) is 4.98 Å². The van der Waals surface area contributed by atoms with Crippen molar-refractivity contribution < 1.29 is 4.79 Å². The fourth-order valence-electron chi connectivity index (χ4n) is 3.61. The Morgan fingerprint density at radius 3 is 2.48 bits per heavy atom. The van der Waals surface area contributed by atoms with E-state index in [-0.39, 0.29) is 11.9 Å². The van der Waals surface area contributed by atoms with Crippen LogP contribution in [0.1, 0.15) is 6.42 Å². The van der Waals surface area contributed by atoms with Crippen LogP contribution < -0.4 is 4.90 Å². The molecule has 2 aromatic rings. The second-order valence-corrected chi connectivity index (χ2v) is 6.75. The summed E-state index contributed by atoms with van der Waals surface area (Å²) in [6.45, 7) is 4.34. The van der Waals surface area contributed by atoms with E-state index in [0.29, 0.717) is 0 Å². The van der Waals surface area contributed by atoms with Crippen molar-refractivity contribution in [1.29, 1.82) is 0 Å². The first-order valence-corrected chi connectivity index (χ1v) is 8.67. The molecule has 0 bridgehead atoms. The quantitative estimate of drug-likeness (QED) is 0.796. The van der Waals surface area contributed by atoms with E-state index in [1.807, 2.05) is 31.4 Å². The Hall–Kier alpha value is -2.48. The summed E-state index contributed by atoms with van der Waals surface area (Å²) >= 11 is 0. The third-order valence-electron chi connectivity index (χ3n) is 5.10. The second kappa shape index (κ2) is 6.44. The number of hydrogen-bond donors (Lipinski definition) is 0. The molecule has 0 saturated carbocycles. The van der Waals surface area contributed by atoms with Crippen molar-refractivity contribution in [2.45, 2.75) is 12.5 Å². The first-order valence-electron chi connectivity index (χ1n) is 8.67. The Balaban J connectivity index is 1.43. The first kappa shape index (κ1) is 16.0. The fourth-order valence-corrected chi connectivity index (χ4v) is 3.61. The highest BCUT2D eigenvalue weighted by molar-refractivity contribution is 5.83. The molecule has 8 heteroatoms. The number of hydrogen-bond acceptors (Lipinski definition) is 6. The average Bonchev–Trinajstić information content (AvgIpc) is 3.22. The number of aromatic nitrogens is 4. The summed E-state index contributed by atoms with van der Waals surface area (Å²) in [4.78, 5) is 27.7. The third-order valence-corrected chi connectivity index (χ3v) is 5.10. The number of rotatable bonds is 3. The van der Waals surface area contributed by atoms with E-state index in [1.54, 1.807) is 17.1 Å². The number of anilines is 1. The summed E-state index contributed by atoms with van der Waals surface area (Å²) in [6, 6.07) is 0.0555. The van der Waals surface area contributed by atoms with E-state index in [0.717, 1.165) is 56.2 Å². The van der Waals surface area contributed by atoms with Gasteiger partial charge in [0.1, 0.15) is 5.82 Å². The van der Waals surface area contributed by atoms with Crippen LogP contribution in [0.4, 0.5) is 5.82 Å². The lowest BCUT2D eigenvalue weighted by Gasteiger charge is -2.37. The van der Waals surface area contributed by atoms with E-state index in [1.165, 1.54) is 0 Å². The molecule has 2 aromatic heterocycles. The Morgan fingerprint density at radius 2 is 1.84 bits per heavy atom. The number of likely N-dealkylation sites (N-methyl/N-ethyl adjacent to an activating group) is 1. The fraction of sp³-hybridized carbons (Fsp3) is 0.529. The minimum Gasteiger partial charge on any atom is -0.353 e. The Labute approximate surface area is 147 Å². The molecule has 2 aliphatic rings. The molecule has 1 amide bonds. The zero-order valence-corrected chi connectivity index (χ0v) is 14.7. The summed E-state index contributed by atoms with van der Waals surface area (Å²) in [5.41, 5.74) is 1.80. The van der Waals surface area contributed by atoms with Crippen molar-refractivity contribution in [3.8, 4) is 11.3 Å². The molecule has 0 aromatic carbocycles. The Morgan fingerprint density at radius 1 is 1.04 bits per heavy atom. The van der Waals surface area contributed by atoms with Crippen molar-refractivity contribution in [1.82, 2.24) is 29.5 Å². The lowest BCUT2D eigenvalue weighted by atomic mass is 10.2. The molecule has 25 heavy (non-hydrogen) atoms. The maximum atomic E-state index is 12.2. The predicted molar refractivity (Wildman–Crippen MR) is 94.1 cm³/mol. The number of carbonyl (C=O) groups is 1. The van der Waals surface area contributed by atoms with Crippen molar-refractivity contribution in [2.75, 3.05) is 44.7 Å². The molecule has 2 fully saturated rings. The maximum Gasteiger partial charge on any atom is 0.239 e. The Kier molecular flexibility index (Phi) is 4.12. The van der Waals surface area contributed by atoms with Crippen LogP contribution in [0.5, 0.6) is 0 Å². The molecule has 4 heterocycles. The van der Waals surface area contributed by atoms with Gasteiger partial charge in [-0.05, 0) is 6.42 Å². The topological polar surface area (TPSA) is 70.4 Å². The SMILES string of the molecule is CN1CCC(N2CCN(c3cncc(-c4cnn(C)c4)n3)CC2)C1=O. The highest BCUT2D eigenvalue weighted by Gasteiger charge is 2.35. The maximum absolute atomic E-state index is 12.2. The zero-order chi connectivity index (χ0) is 17.4. The highest BCUT2D eigenvalue weighted by atomic mass is 16.2. The van der Waals surface area contributed by atoms with Gasteiger partial charge in [0.25, 0.3) is 0 Å². The molecular formula is C17H23N7O. The van der Waals surface area contributed by atoms with Gasteiger partial charge in [0.15, 0.2) is 0 Å². The van der Waals surface area contributed by atoms with Crippen molar-refractivity contribution >= 4 is 11.7 Å². The zero-order valence-electron chi connectivity index (χ0n) is 14.7. The van der Waals surface area contributed by atoms with Crippen LogP contribution in [-0.4, -0.2) is 81.3 Å². The summed E-state index contributed by atoms with van der Waals surface area (Å²) in [7, 11) is 3.78. The molecule has 0 N–H and O–H groups in total. The van der Waals surface area contributed by atoms with Gasteiger partial charge in [0, 0.05) is 58.6 Å². The molecule has 2 aliphatic heterocycles. The lowest BCUT2D eigenvalue weighted by Crippen LogP contribution is -2.52. The van der Waals surface area contributed by atoms with E-state index in [9.17, 15) is 4.79 Å². The number of nitrogens with zero attached hydrogens (tertiary/aromatic N) is 7. The minimum atomic E-state index is 0.0555. The van der Waals surface area contributed by atoms with Gasteiger partial charge in [-0.2, -0.15) is 5.10 Å². The largest absolute Gasteiger partial charge is 0.353 e. The van der Waals surface area contributed by atoms with Gasteiger partial charge in [-0.3, -0.25) is 19.4 Å². The third kappa shape index (κ3) is 3.09. The molecule has 132 valence electrons. The van der Waals surface area contributed by atoms with Crippen molar-refractivity contribution in [3.05, 3.63) is 24.8 Å². The van der Waals surface area contributed by atoms with Crippen LogP contribution in [0.3, 0.4) is 0 Å². The smallest absolute Gasteiger partial charge is 0.239 e. The molecule has 4 rings (SSSR count). The van der Waals surface area contributed by atoms with Crippen LogP contribution in [-0.2, 0) is 11.8 Å². The predicted octanol–water partition coefficient (Wildman–Crippen LogP) is 0.230. The standard InChI is InChI=1S/C17H23N7O/c1-21-4-3-15(17(21)25)23-5-7-24(8-6-23)16-11-18-10-14(20-16)13-9-19-22(2)12-13/h9-12,15H,3-8H2,1-2H3. The van der Waals surface area contributed by atoms with Gasteiger partial charge in [-0.1, -0.05) is 0 Å². The van der Waals surface area contributed by atoms with Crippen molar-refractivity contribution in [3.63, 3.8) is 0 Å². The minimum absolute atomic E-state index is 0.0555. The number of likely N-dealkylation sites (tertiary alicyclic amines) is 1. The molecule has 1 atom stereocenters. The molecule has 2 saturated heterocycles. The van der Waals surface area contributed by atoms with Crippen molar-refractivity contribution in [2.24, 2.45) is 7.05 Å². The normalized spacial score (nSPS) is 22.0. The molecule has 0 spiro atoms. The highest BCUT2D eigenvalue weighted by Crippen LogP contribution is 2.22. The summed E-state index contributed by atoms with van der Waals surface area (Å²) in [5.74, 6) is 1.14.